The van der Waals surface area contributed by atoms with Crippen molar-refractivity contribution in [1.29, 1.82) is 0 Å². The van der Waals surface area contributed by atoms with E-state index in [4.69, 9.17) is 37.0 Å². The Hall–Kier alpha value is -2.98. The summed E-state index contributed by atoms with van der Waals surface area (Å²) in [4.78, 5) is 73.0. The minimum atomic E-state index is -4.97. The van der Waals surface area contributed by atoms with E-state index in [0.717, 1.165) is 134 Å². The minimum absolute atomic E-state index is 0.0823. The maximum Gasteiger partial charge on any atom is 0.472 e. The third kappa shape index (κ3) is 70.7. The fraction of sp³-hybridized carbons (Fsp3) is 0.852. The van der Waals surface area contributed by atoms with Crippen LogP contribution in [0, 0.1) is 11.8 Å². The number of aliphatic hydroxyl groups excluding tert-OH is 1. The van der Waals surface area contributed by atoms with Gasteiger partial charge in [-0.2, -0.15) is 0 Å². The normalized spacial score (nSPS) is 14.8. The first-order chi connectivity index (χ1) is 48.4. The standard InChI is InChI=1S/C81H150O17P2/c1-7-11-13-15-17-19-21-23-25-30-34-38-45-51-57-63-78(83)91-69-76(97-80(85)66-60-54-48-40-36-32-28-27-29-33-37-43-49-55-61-73(5)9-3)71-95-99(87,88)93-67-75(82)68-94-100(89,90)96-72-77(70-92-79(84)64-58-52-46-42-41-44-50-56-62-74(6)10-4)98-81(86)65-59-53-47-39-35-31-26-24-22-20-18-16-14-12-8-2/h19-26,73-77,82H,7-18,27-72H2,1-6H3,(H,87,88)(H,89,90)/b21-19-,22-20-,25-23-,26-24-/t73?,74?,75-,76-,77-/m1/s1. The third-order valence-electron chi connectivity index (χ3n) is 18.4. The van der Waals surface area contributed by atoms with E-state index in [2.05, 4.69) is 90.2 Å². The van der Waals surface area contributed by atoms with Crippen LogP contribution in [0.1, 0.15) is 375 Å². The van der Waals surface area contributed by atoms with Crippen LogP contribution in [0.15, 0.2) is 48.6 Å². The zero-order valence-corrected chi connectivity index (χ0v) is 66.3. The van der Waals surface area contributed by atoms with Gasteiger partial charge in [0, 0.05) is 25.7 Å². The second kappa shape index (κ2) is 71.6. The first-order valence-corrected chi connectivity index (χ1v) is 43.7. The number of hydrogen-bond donors (Lipinski definition) is 3. The van der Waals surface area contributed by atoms with Crippen molar-refractivity contribution < 1.29 is 80.2 Å². The second-order valence-corrected chi connectivity index (χ2v) is 31.2. The summed E-state index contributed by atoms with van der Waals surface area (Å²) in [5.41, 5.74) is 0. The van der Waals surface area contributed by atoms with Gasteiger partial charge < -0.3 is 33.8 Å². The summed E-state index contributed by atoms with van der Waals surface area (Å²) in [5.74, 6) is -0.555. The number of phosphoric acid groups is 2. The first-order valence-electron chi connectivity index (χ1n) is 40.7. The number of hydrogen-bond acceptors (Lipinski definition) is 15. The number of allylic oxidation sites excluding steroid dienone is 8. The van der Waals surface area contributed by atoms with Crippen LogP contribution < -0.4 is 0 Å². The van der Waals surface area contributed by atoms with Gasteiger partial charge in [-0.15, -0.1) is 0 Å². The van der Waals surface area contributed by atoms with Crippen LogP contribution in [0.2, 0.25) is 0 Å². The predicted octanol–water partition coefficient (Wildman–Crippen LogP) is 23.4. The van der Waals surface area contributed by atoms with Crippen LogP contribution in [0.5, 0.6) is 0 Å². The van der Waals surface area contributed by atoms with E-state index in [-0.39, 0.29) is 25.7 Å². The van der Waals surface area contributed by atoms with Crippen LogP contribution in [-0.2, 0) is 65.4 Å². The highest BCUT2D eigenvalue weighted by Gasteiger charge is 2.30. The Balaban J connectivity index is 5.34. The lowest BCUT2D eigenvalue weighted by atomic mass is 9.99. The summed E-state index contributed by atoms with van der Waals surface area (Å²) in [6.07, 6.45) is 66.6. The van der Waals surface area contributed by atoms with Gasteiger partial charge in [0.25, 0.3) is 0 Å². The van der Waals surface area contributed by atoms with Crippen molar-refractivity contribution in [3.05, 3.63) is 48.6 Å². The Kier molecular flexibility index (Phi) is 69.5. The molecule has 0 bridgehead atoms. The molecule has 0 saturated heterocycles. The molecule has 7 atom stereocenters. The number of phosphoric ester groups is 2. The van der Waals surface area contributed by atoms with Crippen molar-refractivity contribution >= 4 is 39.5 Å². The van der Waals surface area contributed by atoms with Crippen molar-refractivity contribution in [2.75, 3.05) is 39.6 Å². The van der Waals surface area contributed by atoms with Crippen molar-refractivity contribution in [2.45, 2.75) is 394 Å². The molecule has 0 aromatic heterocycles. The molecule has 586 valence electrons. The maximum absolute atomic E-state index is 13.1. The Morgan fingerprint density at radius 2 is 0.560 bits per heavy atom. The largest absolute Gasteiger partial charge is 0.472 e. The lowest BCUT2D eigenvalue weighted by Gasteiger charge is -2.21. The van der Waals surface area contributed by atoms with Gasteiger partial charge in [-0.3, -0.25) is 37.3 Å². The molecule has 0 aromatic carbocycles. The van der Waals surface area contributed by atoms with Crippen LogP contribution in [0.4, 0.5) is 0 Å². The molecular formula is C81H150O17P2. The van der Waals surface area contributed by atoms with Gasteiger partial charge in [-0.1, -0.05) is 321 Å². The molecule has 4 unspecified atom stereocenters. The average Bonchev–Trinajstić information content (AvgIpc) is 0.917. The molecule has 0 aliphatic heterocycles. The fourth-order valence-corrected chi connectivity index (χ4v) is 13.0. The SMILES string of the molecule is CCCCCC/C=C\C=C/CCCCCCCC(=O)OC[C@H](COP(=O)(O)OC[C@@H](O)COP(=O)(O)OC[C@@H](COC(=O)CCCCCCCCCCC(C)CC)OC(=O)CCCCCCC/C=C\C=C/CCCCCC)OC(=O)CCCCCCCCCCCCCCCCC(C)CC. The molecule has 0 fully saturated rings. The zero-order valence-electron chi connectivity index (χ0n) is 64.5. The molecule has 19 heteroatoms. The van der Waals surface area contributed by atoms with Gasteiger partial charge in [0.05, 0.1) is 26.4 Å². The minimum Gasteiger partial charge on any atom is -0.462 e. The van der Waals surface area contributed by atoms with Gasteiger partial charge in [0.2, 0.25) is 0 Å². The Labute approximate surface area is 610 Å². The van der Waals surface area contributed by atoms with E-state index in [1.165, 1.54) is 161 Å². The highest BCUT2D eigenvalue weighted by atomic mass is 31.2. The number of ether oxygens (including phenoxy) is 4. The summed E-state index contributed by atoms with van der Waals surface area (Å²) in [7, 11) is -9.95. The van der Waals surface area contributed by atoms with Gasteiger partial charge in [-0.25, -0.2) is 9.13 Å². The van der Waals surface area contributed by atoms with E-state index >= 15 is 0 Å². The lowest BCUT2D eigenvalue weighted by Crippen LogP contribution is -2.30. The summed E-state index contributed by atoms with van der Waals surface area (Å²) in [6.45, 7) is 9.55. The third-order valence-corrected chi connectivity index (χ3v) is 20.3. The number of carbonyl (C=O) groups is 4. The molecule has 0 heterocycles. The summed E-state index contributed by atoms with van der Waals surface area (Å²) in [5, 5.41) is 10.6. The van der Waals surface area contributed by atoms with Crippen molar-refractivity contribution in [3.8, 4) is 0 Å². The van der Waals surface area contributed by atoms with Crippen LogP contribution in [-0.4, -0.2) is 96.7 Å². The molecular weight excluding hydrogens is 1310 g/mol. The molecule has 0 radical (unpaired) electrons. The molecule has 0 amide bonds. The quantitative estimate of drug-likeness (QED) is 0.0169. The number of aliphatic hydroxyl groups is 1. The van der Waals surface area contributed by atoms with Gasteiger partial charge >= 0.3 is 39.5 Å². The highest BCUT2D eigenvalue weighted by Crippen LogP contribution is 2.45. The van der Waals surface area contributed by atoms with E-state index in [0.29, 0.717) is 25.7 Å². The van der Waals surface area contributed by atoms with Crippen LogP contribution >= 0.6 is 15.6 Å². The maximum atomic E-state index is 13.1. The molecule has 0 aliphatic carbocycles. The van der Waals surface area contributed by atoms with Crippen molar-refractivity contribution in [1.82, 2.24) is 0 Å². The Morgan fingerprint density at radius 1 is 0.320 bits per heavy atom. The van der Waals surface area contributed by atoms with E-state index in [9.17, 15) is 43.2 Å². The molecule has 0 aromatic rings. The number of carbonyl (C=O) groups excluding carboxylic acids is 4. The lowest BCUT2D eigenvalue weighted by molar-refractivity contribution is -0.161. The average molecular weight is 1460 g/mol. The van der Waals surface area contributed by atoms with E-state index < -0.39 is 97.5 Å². The molecule has 17 nitrogen and oxygen atoms in total. The van der Waals surface area contributed by atoms with Gasteiger partial charge in [-0.05, 0) is 88.9 Å². The highest BCUT2D eigenvalue weighted by molar-refractivity contribution is 7.47. The molecule has 0 saturated carbocycles. The first kappa shape index (κ1) is 97.0. The zero-order chi connectivity index (χ0) is 73.5. The van der Waals surface area contributed by atoms with Crippen molar-refractivity contribution in [3.63, 3.8) is 0 Å². The topological polar surface area (TPSA) is 237 Å². The molecule has 3 N–H and O–H groups in total. The number of rotatable bonds is 76. The van der Waals surface area contributed by atoms with E-state index in [1.54, 1.807) is 0 Å². The van der Waals surface area contributed by atoms with Gasteiger partial charge in [0.15, 0.2) is 12.2 Å². The van der Waals surface area contributed by atoms with Crippen LogP contribution in [0.3, 0.4) is 0 Å². The summed E-state index contributed by atoms with van der Waals surface area (Å²) < 4.78 is 68.6. The van der Waals surface area contributed by atoms with Gasteiger partial charge in [0.1, 0.15) is 19.3 Å². The Bertz CT molecular complexity index is 2120. The Morgan fingerprint density at radius 3 is 0.840 bits per heavy atom. The molecule has 0 aliphatic rings. The van der Waals surface area contributed by atoms with Crippen molar-refractivity contribution in [2.24, 2.45) is 11.8 Å². The number of esters is 4. The summed E-state index contributed by atoms with van der Waals surface area (Å²) >= 11 is 0. The molecule has 0 rings (SSSR count). The second-order valence-electron chi connectivity index (χ2n) is 28.3. The molecule has 100 heavy (non-hydrogen) atoms. The fourth-order valence-electron chi connectivity index (χ4n) is 11.4. The monoisotopic (exact) mass is 1460 g/mol. The molecule has 0 spiro atoms. The number of unbranched alkanes of at least 4 members (excludes halogenated alkanes) is 38. The summed E-state index contributed by atoms with van der Waals surface area (Å²) in [6, 6.07) is 0. The smallest absolute Gasteiger partial charge is 0.462 e. The van der Waals surface area contributed by atoms with Crippen LogP contribution in [0.25, 0.3) is 0 Å². The predicted molar refractivity (Wildman–Crippen MR) is 409 cm³/mol. The van der Waals surface area contributed by atoms with E-state index in [1.807, 2.05) is 0 Å².